The van der Waals surface area contributed by atoms with Crippen molar-refractivity contribution >= 4 is 23.1 Å². The van der Waals surface area contributed by atoms with Gasteiger partial charge in [0.2, 0.25) is 5.95 Å². The van der Waals surface area contributed by atoms with Crippen LogP contribution in [0.4, 0.5) is 23.1 Å². The Morgan fingerprint density at radius 3 is 2.43 bits per heavy atom. The molecule has 0 unspecified atom stereocenters. The lowest BCUT2D eigenvalue weighted by Crippen LogP contribution is -2.36. The summed E-state index contributed by atoms with van der Waals surface area (Å²) in [6.45, 7) is 6.06. The number of nitrogens with zero attached hydrogens (tertiary/aromatic N) is 3. The van der Waals surface area contributed by atoms with E-state index < -0.39 is 0 Å². The molecule has 7 heteroatoms. The number of hydrogen-bond donors (Lipinski definition) is 2. The normalized spacial score (nSPS) is 13.7. The van der Waals surface area contributed by atoms with E-state index in [-0.39, 0.29) is 0 Å². The van der Waals surface area contributed by atoms with E-state index in [1.807, 2.05) is 37.3 Å². The zero-order valence-electron chi connectivity index (χ0n) is 17.4. The zero-order valence-corrected chi connectivity index (χ0v) is 17.4. The number of aromatic nitrogens is 2. The molecule has 0 radical (unpaired) electrons. The summed E-state index contributed by atoms with van der Waals surface area (Å²) in [6.07, 6.45) is 0. The molecule has 2 aromatic carbocycles. The van der Waals surface area contributed by atoms with Crippen LogP contribution in [0.15, 0.2) is 54.6 Å². The van der Waals surface area contributed by atoms with Gasteiger partial charge in [-0.25, -0.2) is 4.98 Å². The molecule has 0 spiro atoms. The van der Waals surface area contributed by atoms with Crippen LogP contribution >= 0.6 is 0 Å². The van der Waals surface area contributed by atoms with Gasteiger partial charge in [0.25, 0.3) is 0 Å². The first kappa shape index (κ1) is 20.0. The minimum absolute atomic E-state index is 0.575. The molecule has 156 valence electrons. The van der Waals surface area contributed by atoms with Crippen LogP contribution < -0.4 is 20.3 Å². The van der Waals surface area contributed by atoms with Crippen molar-refractivity contribution in [1.82, 2.24) is 9.97 Å². The fourth-order valence-electron chi connectivity index (χ4n) is 3.36. The molecule has 1 aromatic heterocycles. The maximum atomic E-state index is 5.42. The maximum absolute atomic E-state index is 5.42. The number of benzene rings is 2. The van der Waals surface area contributed by atoms with E-state index in [9.17, 15) is 0 Å². The highest BCUT2D eigenvalue weighted by Gasteiger charge is 2.11. The highest BCUT2D eigenvalue weighted by atomic mass is 16.5. The van der Waals surface area contributed by atoms with Gasteiger partial charge in [-0.05, 0) is 48.9 Å². The van der Waals surface area contributed by atoms with Crippen molar-refractivity contribution in [3.63, 3.8) is 0 Å². The van der Waals surface area contributed by atoms with E-state index in [4.69, 9.17) is 9.47 Å². The Balaban J connectivity index is 1.39. The summed E-state index contributed by atoms with van der Waals surface area (Å²) in [5.41, 5.74) is 4.21. The first-order valence-electron chi connectivity index (χ1n) is 10.1. The van der Waals surface area contributed by atoms with Crippen LogP contribution in [0.25, 0.3) is 0 Å². The Morgan fingerprint density at radius 2 is 1.73 bits per heavy atom. The molecule has 2 N–H and O–H groups in total. The van der Waals surface area contributed by atoms with Crippen LogP contribution in [-0.4, -0.2) is 43.4 Å². The molecule has 0 bridgehead atoms. The van der Waals surface area contributed by atoms with Gasteiger partial charge in [-0.1, -0.05) is 12.1 Å². The summed E-state index contributed by atoms with van der Waals surface area (Å²) in [4.78, 5) is 11.4. The van der Waals surface area contributed by atoms with Gasteiger partial charge in [-0.2, -0.15) is 4.98 Å². The average molecular weight is 406 g/mol. The smallest absolute Gasteiger partial charge is 0.229 e. The van der Waals surface area contributed by atoms with Crippen LogP contribution in [0.1, 0.15) is 11.3 Å². The van der Waals surface area contributed by atoms with E-state index in [2.05, 4.69) is 49.8 Å². The van der Waals surface area contributed by atoms with Crippen molar-refractivity contribution in [2.75, 3.05) is 48.9 Å². The van der Waals surface area contributed by atoms with Crippen LogP contribution in [0.5, 0.6) is 5.75 Å². The van der Waals surface area contributed by atoms with Crippen molar-refractivity contribution in [1.29, 1.82) is 0 Å². The predicted molar refractivity (Wildman–Crippen MR) is 120 cm³/mol. The topological polar surface area (TPSA) is 71.5 Å². The molecule has 2 heterocycles. The minimum Gasteiger partial charge on any atom is -0.497 e. The lowest BCUT2D eigenvalue weighted by molar-refractivity contribution is 0.122. The van der Waals surface area contributed by atoms with Gasteiger partial charge < -0.3 is 25.0 Å². The van der Waals surface area contributed by atoms with Crippen molar-refractivity contribution in [2.45, 2.75) is 13.5 Å². The predicted octanol–water partition coefficient (Wildman–Crippen LogP) is 3.99. The number of rotatable bonds is 7. The number of morpholine rings is 1. The summed E-state index contributed by atoms with van der Waals surface area (Å²) in [7, 11) is 1.67. The Hall–Kier alpha value is -3.32. The number of anilines is 4. The molecule has 3 aromatic rings. The second-order valence-corrected chi connectivity index (χ2v) is 7.19. The maximum Gasteiger partial charge on any atom is 0.229 e. The first-order chi connectivity index (χ1) is 14.7. The van der Waals surface area contributed by atoms with Gasteiger partial charge in [0.05, 0.1) is 20.3 Å². The minimum atomic E-state index is 0.575. The number of methoxy groups -OCH3 is 1. The third-order valence-electron chi connectivity index (χ3n) is 4.99. The van der Waals surface area contributed by atoms with Gasteiger partial charge in [0.1, 0.15) is 11.6 Å². The van der Waals surface area contributed by atoms with Gasteiger partial charge in [0.15, 0.2) is 0 Å². The molecule has 1 fully saturated rings. The van der Waals surface area contributed by atoms with Crippen LogP contribution in [-0.2, 0) is 11.3 Å². The number of hydrogen-bond acceptors (Lipinski definition) is 7. The van der Waals surface area contributed by atoms with Crippen LogP contribution in [0.3, 0.4) is 0 Å². The third kappa shape index (κ3) is 5.18. The lowest BCUT2D eigenvalue weighted by Gasteiger charge is -2.28. The van der Waals surface area contributed by atoms with Crippen molar-refractivity contribution in [3.8, 4) is 5.75 Å². The molecule has 0 amide bonds. The second kappa shape index (κ2) is 9.45. The summed E-state index contributed by atoms with van der Waals surface area (Å²) < 4.78 is 10.6. The second-order valence-electron chi connectivity index (χ2n) is 7.19. The van der Waals surface area contributed by atoms with Gasteiger partial charge in [-0.15, -0.1) is 0 Å². The quantitative estimate of drug-likeness (QED) is 0.616. The van der Waals surface area contributed by atoms with Gasteiger partial charge in [-0.3, -0.25) is 0 Å². The fourth-order valence-corrected chi connectivity index (χ4v) is 3.36. The Morgan fingerprint density at radius 1 is 1.00 bits per heavy atom. The molecule has 4 rings (SSSR count). The number of aryl methyl sites for hydroxylation is 1. The van der Waals surface area contributed by atoms with E-state index in [0.29, 0.717) is 12.5 Å². The molecule has 7 nitrogen and oxygen atoms in total. The van der Waals surface area contributed by atoms with E-state index in [0.717, 1.165) is 54.8 Å². The third-order valence-corrected chi connectivity index (χ3v) is 4.99. The largest absolute Gasteiger partial charge is 0.497 e. The molecule has 0 saturated carbocycles. The highest BCUT2D eigenvalue weighted by molar-refractivity contribution is 5.60. The monoisotopic (exact) mass is 405 g/mol. The van der Waals surface area contributed by atoms with Crippen molar-refractivity contribution < 1.29 is 9.47 Å². The van der Waals surface area contributed by atoms with Crippen LogP contribution in [0, 0.1) is 6.92 Å². The molecule has 0 atom stereocenters. The SMILES string of the molecule is COc1ccc(CNc2cc(C)nc(Nc3ccc(N4CCOCC4)cc3)n2)cc1. The summed E-state index contributed by atoms with van der Waals surface area (Å²) in [5, 5.41) is 6.67. The summed E-state index contributed by atoms with van der Waals surface area (Å²) in [6, 6.07) is 18.3. The molecular formula is C23H27N5O2. The zero-order chi connectivity index (χ0) is 20.8. The standard InChI is InChI=1S/C23H27N5O2/c1-17-15-22(24-16-18-3-9-21(29-2)10-4-18)27-23(25-17)26-19-5-7-20(8-6-19)28-11-13-30-14-12-28/h3-10,15H,11-14,16H2,1-2H3,(H2,24,25,26,27). The Labute approximate surface area is 177 Å². The molecular weight excluding hydrogens is 378 g/mol. The first-order valence-corrected chi connectivity index (χ1v) is 10.1. The van der Waals surface area contributed by atoms with Gasteiger partial charge >= 0.3 is 0 Å². The number of nitrogens with one attached hydrogen (secondary N) is 2. The Bertz CT molecular complexity index is 954. The van der Waals surface area contributed by atoms with E-state index in [1.54, 1.807) is 7.11 Å². The van der Waals surface area contributed by atoms with E-state index >= 15 is 0 Å². The van der Waals surface area contributed by atoms with Gasteiger partial charge in [0, 0.05) is 42.8 Å². The molecule has 1 saturated heterocycles. The molecule has 30 heavy (non-hydrogen) atoms. The molecule has 1 aliphatic rings. The number of ether oxygens (including phenoxy) is 2. The Kier molecular flexibility index (Phi) is 6.29. The summed E-state index contributed by atoms with van der Waals surface area (Å²) >= 11 is 0. The summed E-state index contributed by atoms with van der Waals surface area (Å²) in [5.74, 6) is 2.21. The van der Waals surface area contributed by atoms with Crippen LogP contribution in [0.2, 0.25) is 0 Å². The molecule has 0 aliphatic carbocycles. The highest BCUT2D eigenvalue weighted by Crippen LogP contribution is 2.22. The lowest BCUT2D eigenvalue weighted by atomic mass is 10.2. The average Bonchev–Trinajstić information content (AvgIpc) is 2.79. The fraction of sp³-hybridized carbons (Fsp3) is 0.304. The van der Waals surface area contributed by atoms with E-state index in [1.165, 1.54) is 5.69 Å². The van der Waals surface area contributed by atoms with Crippen molar-refractivity contribution in [2.24, 2.45) is 0 Å². The molecule has 1 aliphatic heterocycles. The van der Waals surface area contributed by atoms with Crippen molar-refractivity contribution in [3.05, 3.63) is 65.9 Å².